The van der Waals surface area contributed by atoms with Crippen LogP contribution in [0, 0.1) is 13.8 Å². The average molecular weight is 375 g/mol. The van der Waals surface area contributed by atoms with Gasteiger partial charge < -0.3 is 15.4 Å². The molecule has 2 aromatic carbocycles. The maximum Gasteiger partial charge on any atom is 0.262 e. The van der Waals surface area contributed by atoms with Crippen LogP contribution in [0.15, 0.2) is 66.9 Å². The number of pyridine rings is 1. The van der Waals surface area contributed by atoms with Crippen molar-refractivity contribution in [2.45, 2.75) is 13.8 Å². The van der Waals surface area contributed by atoms with Crippen molar-refractivity contribution in [1.29, 1.82) is 0 Å². The van der Waals surface area contributed by atoms with Crippen LogP contribution in [0.3, 0.4) is 0 Å². The number of nitrogens with one attached hydrogen (secondary N) is 2. The van der Waals surface area contributed by atoms with Gasteiger partial charge in [0, 0.05) is 6.20 Å². The van der Waals surface area contributed by atoms with Crippen molar-refractivity contribution in [3.05, 3.63) is 83.6 Å². The van der Waals surface area contributed by atoms with E-state index >= 15 is 0 Å². The van der Waals surface area contributed by atoms with Gasteiger partial charge in [-0.25, -0.2) is 4.98 Å². The lowest BCUT2D eigenvalue weighted by Gasteiger charge is -2.12. The Balaban J connectivity index is 1.65. The first-order valence-corrected chi connectivity index (χ1v) is 8.83. The second-order valence-corrected chi connectivity index (χ2v) is 6.37. The molecule has 0 bridgehead atoms. The Morgan fingerprint density at radius 3 is 2.36 bits per heavy atom. The number of hydrogen-bond acceptors (Lipinski definition) is 4. The van der Waals surface area contributed by atoms with Crippen LogP contribution in [-0.2, 0) is 4.79 Å². The van der Waals surface area contributed by atoms with Crippen LogP contribution in [0.1, 0.15) is 21.5 Å². The summed E-state index contributed by atoms with van der Waals surface area (Å²) in [7, 11) is 0. The monoisotopic (exact) mass is 375 g/mol. The van der Waals surface area contributed by atoms with Crippen molar-refractivity contribution < 1.29 is 14.3 Å². The van der Waals surface area contributed by atoms with Crippen molar-refractivity contribution in [3.63, 3.8) is 0 Å². The molecule has 0 atom stereocenters. The van der Waals surface area contributed by atoms with Gasteiger partial charge in [0.1, 0.15) is 11.6 Å². The summed E-state index contributed by atoms with van der Waals surface area (Å²) in [5, 5.41) is 5.44. The molecule has 0 aliphatic rings. The zero-order chi connectivity index (χ0) is 19.9. The fourth-order valence-electron chi connectivity index (χ4n) is 2.76. The van der Waals surface area contributed by atoms with Crippen molar-refractivity contribution in [1.82, 2.24) is 4.98 Å². The molecule has 6 heteroatoms. The zero-order valence-corrected chi connectivity index (χ0v) is 15.7. The van der Waals surface area contributed by atoms with E-state index in [4.69, 9.17) is 4.74 Å². The Hall–Kier alpha value is -3.67. The molecule has 0 unspecified atom stereocenters. The van der Waals surface area contributed by atoms with Crippen molar-refractivity contribution >= 4 is 23.3 Å². The first-order valence-electron chi connectivity index (χ1n) is 8.83. The minimum atomic E-state index is -0.357. The first kappa shape index (κ1) is 19.1. The predicted molar refractivity (Wildman–Crippen MR) is 109 cm³/mol. The maximum absolute atomic E-state index is 12.5. The van der Waals surface area contributed by atoms with Crippen LogP contribution in [-0.4, -0.2) is 23.4 Å². The highest BCUT2D eigenvalue weighted by Crippen LogP contribution is 2.18. The van der Waals surface area contributed by atoms with Crippen LogP contribution in [0.4, 0.5) is 11.5 Å². The summed E-state index contributed by atoms with van der Waals surface area (Å²) in [5.41, 5.74) is 2.87. The zero-order valence-electron chi connectivity index (χ0n) is 15.7. The Labute approximate surface area is 163 Å². The van der Waals surface area contributed by atoms with Crippen LogP contribution >= 0.6 is 0 Å². The largest absolute Gasteiger partial charge is 0.484 e. The standard InChI is InChI=1S/C22H21N3O3/c1-15-11-16(2)13-17(12-15)28-14-21(26)24-19-8-4-3-7-18(19)22(27)25-20-9-5-6-10-23-20/h3-13H,14H2,1-2H3,(H,24,26)(H,23,25,27). The molecule has 0 spiro atoms. The molecule has 0 saturated heterocycles. The van der Waals surface area contributed by atoms with Crippen LogP contribution < -0.4 is 15.4 Å². The van der Waals surface area contributed by atoms with E-state index in [1.165, 1.54) is 0 Å². The highest BCUT2D eigenvalue weighted by atomic mass is 16.5. The molecule has 0 fully saturated rings. The van der Waals surface area contributed by atoms with E-state index in [1.807, 2.05) is 32.0 Å². The van der Waals surface area contributed by atoms with Gasteiger partial charge in [-0.2, -0.15) is 0 Å². The van der Waals surface area contributed by atoms with Gasteiger partial charge in [0.2, 0.25) is 0 Å². The number of hydrogen-bond donors (Lipinski definition) is 2. The van der Waals surface area contributed by atoms with Gasteiger partial charge in [-0.3, -0.25) is 9.59 Å². The molecule has 1 heterocycles. The summed E-state index contributed by atoms with van der Waals surface area (Å²) in [6.45, 7) is 3.78. The maximum atomic E-state index is 12.5. The SMILES string of the molecule is Cc1cc(C)cc(OCC(=O)Nc2ccccc2C(=O)Nc2ccccn2)c1. The van der Waals surface area contributed by atoms with E-state index in [0.717, 1.165) is 11.1 Å². The number of aryl methyl sites for hydroxylation is 2. The minimum Gasteiger partial charge on any atom is -0.484 e. The second-order valence-electron chi connectivity index (χ2n) is 6.37. The molecule has 0 radical (unpaired) electrons. The minimum absolute atomic E-state index is 0.154. The van der Waals surface area contributed by atoms with Gasteiger partial charge in [-0.15, -0.1) is 0 Å². The topological polar surface area (TPSA) is 80.3 Å². The molecular weight excluding hydrogens is 354 g/mol. The molecule has 0 aliphatic carbocycles. The molecule has 3 aromatic rings. The third kappa shape index (κ3) is 5.17. The van der Waals surface area contributed by atoms with Gasteiger partial charge in [-0.05, 0) is 61.4 Å². The van der Waals surface area contributed by atoms with Crippen molar-refractivity contribution in [2.24, 2.45) is 0 Å². The van der Waals surface area contributed by atoms with E-state index in [-0.39, 0.29) is 18.4 Å². The molecular formula is C22H21N3O3. The van der Waals surface area contributed by atoms with Crippen molar-refractivity contribution in [3.8, 4) is 5.75 Å². The number of para-hydroxylation sites is 1. The summed E-state index contributed by atoms with van der Waals surface area (Å²) < 4.78 is 5.58. The Morgan fingerprint density at radius 1 is 0.929 bits per heavy atom. The van der Waals surface area contributed by atoms with Crippen LogP contribution in [0.2, 0.25) is 0 Å². The van der Waals surface area contributed by atoms with Gasteiger partial charge in [-0.1, -0.05) is 24.3 Å². The fourth-order valence-corrected chi connectivity index (χ4v) is 2.76. The number of anilines is 2. The number of carbonyl (C=O) groups is 2. The number of rotatable bonds is 6. The third-order valence-corrected chi connectivity index (χ3v) is 3.92. The lowest BCUT2D eigenvalue weighted by molar-refractivity contribution is -0.118. The highest BCUT2D eigenvalue weighted by molar-refractivity contribution is 6.09. The Kier molecular flexibility index (Phi) is 6.01. The summed E-state index contributed by atoms with van der Waals surface area (Å²) in [5.74, 6) is 0.364. The van der Waals surface area contributed by atoms with E-state index in [2.05, 4.69) is 15.6 Å². The molecule has 6 nitrogen and oxygen atoms in total. The smallest absolute Gasteiger partial charge is 0.262 e. The van der Waals surface area contributed by atoms with E-state index in [9.17, 15) is 9.59 Å². The predicted octanol–water partition coefficient (Wildman–Crippen LogP) is 3.97. The molecule has 2 amide bonds. The van der Waals surface area contributed by atoms with Crippen LogP contribution in [0.5, 0.6) is 5.75 Å². The molecule has 28 heavy (non-hydrogen) atoms. The third-order valence-electron chi connectivity index (χ3n) is 3.92. The molecule has 0 saturated carbocycles. The number of aromatic nitrogens is 1. The number of ether oxygens (including phenoxy) is 1. The van der Waals surface area contributed by atoms with E-state index < -0.39 is 0 Å². The molecule has 142 valence electrons. The number of nitrogens with zero attached hydrogens (tertiary/aromatic N) is 1. The van der Waals surface area contributed by atoms with Gasteiger partial charge in [0.15, 0.2) is 6.61 Å². The normalized spacial score (nSPS) is 10.2. The fraction of sp³-hybridized carbons (Fsp3) is 0.136. The number of benzene rings is 2. The second kappa shape index (κ2) is 8.81. The Morgan fingerprint density at radius 2 is 1.64 bits per heavy atom. The molecule has 3 rings (SSSR count). The van der Waals surface area contributed by atoms with E-state index in [0.29, 0.717) is 22.8 Å². The average Bonchev–Trinajstić information content (AvgIpc) is 2.67. The summed E-state index contributed by atoms with van der Waals surface area (Å²) in [6.07, 6.45) is 1.59. The van der Waals surface area contributed by atoms with Gasteiger partial charge in [0.05, 0.1) is 11.3 Å². The summed E-state index contributed by atoms with van der Waals surface area (Å²) in [6, 6.07) is 17.8. The molecule has 2 N–H and O–H groups in total. The quantitative estimate of drug-likeness (QED) is 0.683. The molecule has 0 aliphatic heterocycles. The Bertz CT molecular complexity index is 967. The van der Waals surface area contributed by atoms with E-state index in [1.54, 1.807) is 48.7 Å². The highest BCUT2D eigenvalue weighted by Gasteiger charge is 2.14. The summed E-state index contributed by atoms with van der Waals surface area (Å²) >= 11 is 0. The van der Waals surface area contributed by atoms with Gasteiger partial charge >= 0.3 is 0 Å². The lowest BCUT2D eigenvalue weighted by atomic mass is 10.1. The molecule has 1 aromatic heterocycles. The summed E-state index contributed by atoms with van der Waals surface area (Å²) in [4.78, 5) is 28.9. The number of amides is 2. The van der Waals surface area contributed by atoms with Crippen LogP contribution in [0.25, 0.3) is 0 Å². The number of carbonyl (C=O) groups excluding carboxylic acids is 2. The van der Waals surface area contributed by atoms with Crippen molar-refractivity contribution in [2.75, 3.05) is 17.2 Å². The van der Waals surface area contributed by atoms with Gasteiger partial charge in [0.25, 0.3) is 11.8 Å². The first-order chi connectivity index (χ1) is 13.5. The lowest BCUT2D eigenvalue weighted by Crippen LogP contribution is -2.23.